The highest BCUT2D eigenvalue weighted by atomic mass is 16.5. The van der Waals surface area contributed by atoms with Crippen LogP contribution in [0.25, 0.3) is 22.3 Å². The standard InChI is InChI=1S/C21H17N5O3/c1-28-17-4-3-12(8-18(17)29-2)16-11-23-15-9-19(27)26(21(15)25-16)14-7-13-5-6-22-20(13)24-10-14/h3-8,10-11H,9H2,1-2H3,(H,22,24). The first-order valence-corrected chi connectivity index (χ1v) is 9.02. The number of methoxy groups -OCH3 is 2. The van der Waals surface area contributed by atoms with Gasteiger partial charge in [0.1, 0.15) is 5.65 Å². The van der Waals surface area contributed by atoms with E-state index in [0.29, 0.717) is 34.4 Å². The molecule has 0 aliphatic carbocycles. The van der Waals surface area contributed by atoms with Gasteiger partial charge in [-0.15, -0.1) is 0 Å². The molecule has 0 atom stereocenters. The van der Waals surface area contributed by atoms with E-state index in [4.69, 9.17) is 14.5 Å². The summed E-state index contributed by atoms with van der Waals surface area (Å²) in [5, 5.41) is 0.924. The van der Waals surface area contributed by atoms with E-state index in [1.807, 2.05) is 36.5 Å². The molecule has 1 aliphatic heterocycles. The van der Waals surface area contributed by atoms with Gasteiger partial charge >= 0.3 is 0 Å². The zero-order valence-corrected chi connectivity index (χ0v) is 15.8. The lowest BCUT2D eigenvalue weighted by Crippen LogP contribution is -2.21. The second-order valence-corrected chi connectivity index (χ2v) is 6.61. The number of H-pyrrole nitrogens is 1. The Morgan fingerprint density at radius 2 is 1.90 bits per heavy atom. The molecule has 29 heavy (non-hydrogen) atoms. The summed E-state index contributed by atoms with van der Waals surface area (Å²) in [7, 11) is 3.17. The van der Waals surface area contributed by atoms with Gasteiger partial charge in [0, 0.05) is 17.1 Å². The van der Waals surface area contributed by atoms with Crippen molar-refractivity contribution >= 4 is 28.4 Å². The number of benzene rings is 1. The fraction of sp³-hybridized carbons (Fsp3) is 0.143. The van der Waals surface area contributed by atoms with Gasteiger partial charge in [-0.1, -0.05) is 0 Å². The van der Waals surface area contributed by atoms with Crippen LogP contribution in [0.4, 0.5) is 11.5 Å². The molecule has 5 rings (SSSR count). The monoisotopic (exact) mass is 387 g/mol. The van der Waals surface area contributed by atoms with Gasteiger partial charge in [-0.3, -0.25) is 14.7 Å². The van der Waals surface area contributed by atoms with Crippen LogP contribution >= 0.6 is 0 Å². The van der Waals surface area contributed by atoms with Gasteiger partial charge in [0.25, 0.3) is 0 Å². The summed E-state index contributed by atoms with van der Waals surface area (Å²) in [5.74, 6) is 1.68. The van der Waals surface area contributed by atoms with Crippen LogP contribution in [0.2, 0.25) is 0 Å². The molecule has 0 bridgehead atoms. The lowest BCUT2D eigenvalue weighted by Gasteiger charge is -2.16. The summed E-state index contributed by atoms with van der Waals surface area (Å²) in [4.78, 5) is 31.0. The molecule has 0 spiro atoms. The number of carbonyl (C=O) groups is 1. The van der Waals surface area contributed by atoms with Crippen LogP contribution in [0.3, 0.4) is 0 Å². The van der Waals surface area contributed by atoms with Crippen molar-refractivity contribution in [3.05, 3.63) is 54.6 Å². The van der Waals surface area contributed by atoms with E-state index in [1.165, 1.54) is 0 Å². The third kappa shape index (κ3) is 2.77. The maximum atomic E-state index is 12.7. The molecular weight excluding hydrogens is 370 g/mol. The number of hydrogen-bond donors (Lipinski definition) is 1. The molecule has 0 fully saturated rings. The maximum Gasteiger partial charge on any atom is 0.238 e. The van der Waals surface area contributed by atoms with Crippen molar-refractivity contribution in [2.75, 3.05) is 19.1 Å². The van der Waals surface area contributed by atoms with Gasteiger partial charge < -0.3 is 14.5 Å². The van der Waals surface area contributed by atoms with Gasteiger partial charge in [0.2, 0.25) is 5.91 Å². The zero-order chi connectivity index (χ0) is 20.0. The Balaban J connectivity index is 1.59. The highest BCUT2D eigenvalue weighted by Gasteiger charge is 2.32. The highest BCUT2D eigenvalue weighted by molar-refractivity contribution is 6.06. The molecule has 1 aliphatic rings. The fourth-order valence-electron chi connectivity index (χ4n) is 3.50. The van der Waals surface area contributed by atoms with Crippen LogP contribution in [-0.4, -0.2) is 40.1 Å². The van der Waals surface area contributed by atoms with Crippen LogP contribution < -0.4 is 14.4 Å². The maximum absolute atomic E-state index is 12.7. The van der Waals surface area contributed by atoms with Gasteiger partial charge in [0.15, 0.2) is 17.3 Å². The van der Waals surface area contributed by atoms with Crippen molar-refractivity contribution in [3.8, 4) is 22.8 Å². The number of hydrogen-bond acceptors (Lipinski definition) is 6. The third-order valence-electron chi connectivity index (χ3n) is 4.93. The van der Waals surface area contributed by atoms with E-state index in [0.717, 1.165) is 16.6 Å². The minimum absolute atomic E-state index is 0.0823. The lowest BCUT2D eigenvalue weighted by molar-refractivity contribution is -0.116. The molecule has 8 heteroatoms. The Hall–Kier alpha value is -3.94. The zero-order valence-electron chi connectivity index (χ0n) is 15.8. The van der Waals surface area contributed by atoms with Crippen molar-refractivity contribution in [2.45, 2.75) is 6.42 Å². The van der Waals surface area contributed by atoms with E-state index in [1.54, 1.807) is 31.5 Å². The largest absolute Gasteiger partial charge is 0.493 e. The first-order valence-electron chi connectivity index (χ1n) is 9.02. The SMILES string of the molecule is COc1ccc(-c2cnc3c(n2)N(c2cnc4[nH]ccc4c2)C(=O)C3)cc1OC. The molecule has 1 N–H and O–H groups in total. The molecular formula is C21H17N5O3. The molecule has 4 aromatic rings. The van der Waals surface area contributed by atoms with E-state index in [9.17, 15) is 4.79 Å². The van der Waals surface area contributed by atoms with E-state index < -0.39 is 0 Å². The predicted octanol–water partition coefficient (Wildman–Crippen LogP) is 3.26. The molecule has 1 aromatic carbocycles. The van der Waals surface area contributed by atoms with E-state index in [2.05, 4.69) is 15.0 Å². The summed E-state index contributed by atoms with van der Waals surface area (Å²) in [6.07, 6.45) is 5.36. The quantitative estimate of drug-likeness (QED) is 0.578. The molecule has 0 unspecified atom stereocenters. The minimum Gasteiger partial charge on any atom is -0.493 e. The summed E-state index contributed by atoms with van der Waals surface area (Å²) in [5.41, 5.74) is 3.54. The number of carbonyl (C=O) groups excluding carboxylic acids is 1. The van der Waals surface area contributed by atoms with Gasteiger partial charge in [-0.25, -0.2) is 9.97 Å². The van der Waals surface area contributed by atoms with Crippen molar-refractivity contribution in [1.82, 2.24) is 19.9 Å². The molecule has 144 valence electrons. The van der Waals surface area contributed by atoms with Crippen molar-refractivity contribution in [2.24, 2.45) is 0 Å². The Labute approximate surface area is 166 Å². The van der Waals surface area contributed by atoms with Crippen LogP contribution in [-0.2, 0) is 11.2 Å². The molecule has 3 aromatic heterocycles. The number of rotatable bonds is 4. The molecule has 8 nitrogen and oxygen atoms in total. The number of ether oxygens (including phenoxy) is 2. The number of aromatic nitrogens is 4. The normalized spacial score (nSPS) is 13.0. The highest BCUT2D eigenvalue weighted by Crippen LogP contribution is 2.36. The molecule has 0 saturated heterocycles. The molecule has 0 radical (unpaired) electrons. The number of nitrogens with zero attached hydrogens (tertiary/aromatic N) is 4. The van der Waals surface area contributed by atoms with Crippen LogP contribution in [0.15, 0.2) is 48.9 Å². The minimum atomic E-state index is -0.0823. The first kappa shape index (κ1) is 17.2. The predicted molar refractivity (Wildman–Crippen MR) is 108 cm³/mol. The Bertz CT molecular complexity index is 1250. The summed E-state index contributed by atoms with van der Waals surface area (Å²) >= 11 is 0. The molecule has 4 heterocycles. The summed E-state index contributed by atoms with van der Waals surface area (Å²) < 4.78 is 10.7. The van der Waals surface area contributed by atoms with Crippen molar-refractivity contribution in [3.63, 3.8) is 0 Å². The smallest absolute Gasteiger partial charge is 0.238 e. The van der Waals surface area contributed by atoms with Gasteiger partial charge in [-0.05, 0) is 30.3 Å². The second-order valence-electron chi connectivity index (χ2n) is 6.61. The number of pyridine rings is 1. The first-order chi connectivity index (χ1) is 14.2. The fourth-order valence-corrected chi connectivity index (χ4v) is 3.50. The summed E-state index contributed by atoms with van der Waals surface area (Å²) in [6.45, 7) is 0. The Morgan fingerprint density at radius 3 is 2.72 bits per heavy atom. The molecule has 0 saturated carbocycles. The number of nitrogens with one attached hydrogen (secondary N) is 1. The van der Waals surface area contributed by atoms with Gasteiger partial charge in [0.05, 0.1) is 50.1 Å². The lowest BCUT2D eigenvalue weighted by atomic mass is 10.1. The number of fused-ring (bicyclic) bond motifs is 2. The average molecular weight is 387 g/mol. The molecule has 1 amide bonds. The van der Waals surface area contributed by atoms with E-state index in [-0.39, 0.29) is 12.3 Å². The number of amides is 1. The number of anilines is 2. The second kappa shape index (κ2) is 6.59. The van der Waals surface area contributed by atoms with Crippen molar-refractivity contribution in [1.29, 1.82) is 0 Å². The van der Waals surface area contributed by atoms with Crippen LogP contribution in [0.5, 0.6) is 11.5 Å². The van der Waals surface area contributed by atoms with Crippen LogP contribution in [0, 0.1) is 0 Å². The summed E-state index contributed by atoms with van der Waals surface area (Å²) in [6, 6.07) is 9.36. The number of aromatic amines is 1. The van der Waals surface area contributed by atoms with Crippen molar-refractivity contribution < 1.29 is 14.3 Å². The van der Waals surface area contributed by atoms with E-state index >= 15 is 0 Å². The Kier molecular flexibility index (Phi) is 3.90. The third-order valence-corrected chi connectivity index (χ3v) is 4.93. The Morgan fingerprint density at radius 1 is 1.03 bits per heavy atom. The van der Waals surface area contributed by atoms with Crippen LogP contribution in [0.1, 0.15) is 5.69 Å². The van der Waals surface area contributed by atoms with Gasteiger partial charge in [-0.2, -0.15) is 0 Å². The topological polar surface area (TPSA) is 93.2 Å². The average Bonchev–Trinajstić information content (AvgIpc) is 3.35.